The quantitative estimate of drug-likeness (QED) is 0.454. The molecular formula is C8H8F3NO3. The maximum atomic E-state index is 12.4. The molecule has 0 bridgehead atoms. The Morgan fingerprint density at radius 2 is 1.80 bits per heavy atom. The summed E-state index contributed by atoms with van der Waals surface area (Å²) in [5.41, 5.74) is -0.225. The van der Waals surface area contributed by atoms with Crippen LogP contribution in [0.15, 0.2) is 12.1 Å². The number of phenolic OH excluding ortho intramolecular Hbond substituents is 2. The van der Waals surface area contributed by atoms with Gasteiger partial charge in [0.1, 0.15) is 0 Å². The van der Waals surface area contributed by atoms with Crippen molar-refractivity contribution in [3.05, 3.63) is 23.3 Å². The van der Waals surface area contributed by atoms with Gasteiger partial charge in [0.2, 0.25) is 0 Å². The summed E-state index contributed by atoms with van der Waals surface area (Å²) in [5.74, 6) is -1.57. The summed E-state index contributed by atoms with van der Waals surface area (Å²) in [7, 11) is 0. The van der Waals surface area contributed by atoms with E-state index in [9.17, 15) is 18.3 Å². The van der Waals surface area contributed by atoms with Crippen LogP contribution in [-0.2, 0) is 12.7 Å². The summed E-state index contributed by atoms with van der Waals surface area (Å²) in [6.45, 7) is -0.616. The lowest BCUT2D eigenvalue weighted by Gasteiger charge is -2.14. The first kappa shape index (κ1) is 11.6. The van der Waals surface area contributed by atoms with E-state index in [0.29, 0.717) is 6.07 Å². The Morgan fingerprint density at radius 1 is 1.20 bits per heavy atom. The van der Waals surface area contributed by atoms with Crippen LogP contribution in [0.3, 0.4) is 0 Å². The molecule has 0 spiro atoms. The van der Waals surface area contributed by atoms with Crippen molar-refractivity contribution in [3.63, 3.8) is 0 Å². The molecule has 0 heterocycles. The molecule has 84 valence electrons. The molecule has 1 rings (SSSR count). The lowest BCUT2D eigenvalue weighted by molar-refractivity contribution is -0.138. The highest BCUT2D eigenvalue weighted by atomic mass is 19.4. The van der Waals surface area contributed by atoms with Gasteiger partial charge in [-0.3, -0.25) is 0 Å². The summed E-state index contributed by atoms with van der Waals surface area (Å²) >= 11 is 0. The summed E-state index contributed by atoms with van der Waals surface area (Å²) in [6, 6.07) is 1.36. The van der Waals surface area contributed by atoms with E-state index in [1.807, 2.05) is 0 Å². The number of rotatable bonds is 2. The van der Waals surface area contributed by atoms with Crippen molar-refractivity contribution in [1.82, 2.24) is 5.48 Å². The number of aromatic hydroxyl groups is 2. The smallest absolute Gasteiger partial charge is 0.416 e. The lowest BCUT2D eigenvalue weighted by Crippen LogP contribution is -2.14. The predicted octanol–water partition coefficient (Wildman–Crippen LogP) is 1.60. The highest BCUT2D eigenvalue weighted by Crippen LogP contribution is 2.39. The zero-order chi connectivity index (χ0) is 11.6. The fourth-order valence-electron chi connectivity index (χ4n) is 1.15. The largest absolute Gasteiger partial charge is 0.504 e. The van der Waals surface area contributed by atoms with Crippen molar-refractivity contribution in [2.45, 2.75) is 12.7 Å². The van der Waals surface area contributed by atoms with Crippen molar-refractivity contribution in [1.29, 1.82) is 0 Å². The molecule has 15 heavy (non-hydrogen) atoms. The highest BCUT2D eigenvalue weighted by Gasteiger charge is 2.34. The molecule has 0 saturated carbocycles. The summed E-state index contributed by atoms with van der Waals surface area (Å²) < 4.78 is 37.1. The molecule has 4 nitrogen and oxygen atoms in total. The Labute approximate surface area is 82.5 Å². The summed E-state index contributed by atoms with van der Waals surface area (Å²) in [5, 5.41) is 26.5. The Bertz CT molecular complexity index is 365. The average Bonchev–Trinajstić information content (AvgIpc) is 2.11. The van der Waals surface area contributed by atoms with Gasteiger partial charge in [-0.05, 0) is 12.1 Å². The van der Waals surface area contributed by atoms with Crippen molar-refractivity contribution < 1.29 is 28.6 Å². The average molecular weight is 223 g/mol. The molecule has 0 aliphatic rings. The molecule has 0 radical (unpaired) electrons. The van der Waals surface area contributed by atoms with Gasteiger partial charge in [0.25, 0.3) is 0 Å². The van der Waals surface area contributed by atoms with Crippen LogP contribution in [0.5, 0.6) is 11.5 Å². The minimum absolute atomic E-state index is 0.606. The molecule has 0 atom stereocenters. The normalized spacial score (nSPS) is 11.7. The summed E-state index contributed by atoms with van der Waals surface area (Å²) in [6.07, 6.45) is -4.66. The third kappa shape index (κ3) is 2.31. The fourth-order valence-corrected chi connectivity index (χ4v) is 1.15. The van der Waals surface area contributed by atoms with Crippen molar-refractivity contribution in [3.8, 4) is 11.5 Å². The van der Waals surface area contributed by atoms with E-state index in [1.54, 1.807) is 0 Å². The van der Waals surface area contributed by atoms with E-state index in [2.05, 4.69) is 0 Å². The first-order valence-corrected chi connectivity index (χ1v) is 3.86. The number of hydrogen-bond donors (Lipinski definition) is 4. The lowest BCUT2D eigenvalue weighted by atomic mass is 10.1. The Balaban J connectivity index is 3.33. The van der Waals surface area contributed by atoms with E-state index >= 15 is 0 Å². The Hall–Kier alpha value is -1.47. The number of hydrogen-bond acceptors (Lipinski definition) is 4. The van der Waals surface area contributed by atoms with E-state index in [1.165, 1.54) is 5.48 Å². The third-order valence-corrected chi connectivity index (χ3v) is 1.82. The van der Waals surface area contributed by atoms with E-state index in [4.69, 9.17) is 10.3 Å². The van der Waals surface area contributed by atoms with Crippen LogP contribution in [0.4, 0.5) is 13.2 Å². The maximum Gasteiger partial charge on any atom is 0.416 e. The third-order valence-electron chi connectivity index (χ3n) is 1.82. The van der Waals surface area contributed by atoms with Crippen LogP contribution >= 0.6 is 0 Å². The van der Waals surface area contributed by atoms with Crippen molar-refractivity contribution in [2.75, 3.05) is 0 Å². The molecule has 0 aromatic heterocycles. The predicted molar refractivity (Wildman–Crippen MR) is 43.4 cm³/mol. The minimum atomic E-state index is -4.66. The standard InChI is InChI=1S/C8H8F3NO3/c9-8(10,11)5-1-2-6(13)7(14)4(5)3-12-15/h1-2,12-15H,3H2. The minimum Gasteiger partial charge on any atom is -0.504 e. The van der Waals surface area contributed by atoms with Crippen molar-refractivity contribution in [2.24, 2.45) is 0 Å². The van der Waals surface area contributed by atoms with Gasteiger partial charge in [0, 0.05) is 5.56 Å². The topological polar surface area (TPSA) is 72.7 Å². The van der Waals surface area contributed by atoms with E-state index in [-0.39, 0.29) is 0 Å². The van der Waals surface area contributed by atoms with Gasteiger partial charge in [-0.2, -0.15) is 13.2 Å². The molecule has 1 aromatic rings. The highest BCUT2D eigenvalue weighted by molar-refractivity contribution is 5.49. The number of nitrogens with one attached hydrogen (secondary N) is 1. The van der Waals surface area contributed by atoms with Gasteiger partial charge in [-0.15, -0.1) is 0 Å². The van der Waals surface area contributed by atoms with Crippen LogP contribution in [0.2, 0.25) is 0 Å². The number of benzene rings is 1. The van der Waals surface area contributed by atoms with E-state index < -0.39 is 35.3 Å². The molecule has 0 unspecified atom stereocenters. The molecule has 4 N–H and O–H groups in total. The van der Waals surface area contributed by atoms with Crippen LogP contribution in [0.25, 0.3) is 0 Å². The summed E-state index contributed by atoms with van der Waals surface area (Å²) in [4.78, 5) is 0. The zero-order valence-electron chi connectivity index (χ0n) is 7.34. The van der Waals surface area contributed by atoms with Gasteiger partial charge in [0.15, 0.2) is 11.5 Å². The second kappa shape index (κ2) is 3.95. The van der Waals surface area contributed by atoms with Crippen LogP contribution in [0, 0.1) is 0 Å². The second-order valence-electron chi connectivity index (χ2n) is 2.79. The van der Waals surface area contributed by atoms with Crippen LogP contribution in [-0.4, -0.2) is 15.4 Å². The molecule has 0 aliphatic heterocycles. The maximum absolute atomic E-state index is 12.4. The SMILES string of the molecule is ONCc1c(C(F)(F)F)ccc(O)c1O. The van der Waals surface area contributed by atoms with Gasteiger partial charge in [-0.1, -0.05) is 0 Å². The first-order chi connectivity index (χ1) is 6.88. The number of phenols is 2. The molecular weight excluding hydrogens is 215 g/mol. The van der Waals surface area contributed by atoms with Gasteiger partial charge in [-0.25, -0.2) is 5.48 Å². The Morgan fingerprint density at radius 3 is 2.27 bits per heavy atom. The van der Waals surface area contributed by atoms with Gasteiger partial charge in [0.05, 0.1) is 12.1 Å². The number of halogens is 3. The number of hydroxylamine groups is 1. The fraction of sp³-hybridized carbons (Fsp3) is 0.250. The molecule has 7 heteroatoms. The first-order valence-electron chi connectivity index (χ1n) is 3.86. The van der Waals surface area contributed by atoms with Crippen molar-refractivity contribution >= 4 is 0 Å². The van der Waals surface area contributed by atoms with E-state index in [0.717, 1.165) is 6.07 Å². The van der Waals surface area contributed by atoms with Crippen LogP contribution in [0.1, 0.15) is 11.1 Å². The second-order valence-corrected chi connectivity index (χ2v) is 2.79. The molecule has 0 saturated heterocycles. The monoisotopic (exact) mass is 223 g/mol. The molecule has 0 amide bonds. The zero-order valence-corrected chi connectivity index (χ0v) is 7.34. The molecule has 0 aliphatic carbocycles. The van der Waals surface area contributed by atoms with Crippen LogP contribution < -0.4 is 5.48 Å². The molecule has 0 fully saturated rings. The number of alkyl halides is 3. The Kier molecular flexibility index (Phi) is 3.06. The van der Waals surface area contributed by atoms with Gasteiger partial charge < -0.3 is 15.4 Å². The van der Waals surface area contributed by atoms with Gasteiger partial charge >= 0.3 is 6.18 Å². The molecule has 1 aromatic carbocycles.